The van der Waals surface area contributed by atoms with Crippen molar-refractivity contribution in [3.63, 3.8) is 0 Å². The van der Waals surface area contributed by atoms with Gasteiger partial charge in [-0.3, -0.25) is 19.2 Å². The third-order valence-electron chi connectivity index (χ3n) is 5.53. The molecule has 3 unspecified atom stereocenters. The van der Waals surface area contributed by atoms with E-state index < -0.39 is 54.3 Å². The van der Waals surface area contributed by atoms with E-state index in [1.807, 2.05) is 38.1 Å². The lowest BCUT2D eigenvalue weighted by atomic mass is 10.0. The number of carboxylic acids is 1. The number of amides is 4. The summed E-state index contributed by atoms with van der Waals surface area (Å²) in [6, 6.07) is 4.29. The Kier molecular flexibility index (Phi) is 10.4. The van der Waals surface area contributed by atoms with E-state index in [0.717, 1.165) is 16.5 Å². The predicted molar refractivity (Wildman–Crippen MR) is 132 cm³/mol. The van der Waals surface area contributed by atoms with Crippen LogP contribution in [0.5, 0.6) is 0 Å². The van der Waals surface area contributed by atoms with Crippen molar-refractivity contribution in [1.29, 1.82) is 0 Å². The zero-order chi connectivity index (χ0) is 26.8. The summed E-state index contributed by atoms with van der Waals surface area (Å²) in [7, 11) is 0. The Morgan fingerprint density at radius 2 is 1.72 bits per heavy atom. The maximum absolute atomic E-state index is 12.7. The molecular weight excluding hydrogens is 468 g/mol. The minimum atomic E-state index is -1.18. The van der Waals surface area contributed by atoms with Crippen LogP contribution in [-0.2, 0) is 30.4 Å². The summed E-state index contributed by atoms with van der Waals surface area (Å²) in [6.07, 6.45) is 1.91. The van der Waals surface area contributed by atoms with Gasteiger partial charge in [0, 0.05) is 23.5 Å². The lowest BCUT2D eigenvalue weighted by Gasteiger charge is -2.21. The Bertz CT molecular complexity index is 1100. The first-order valence-corrected chi connectivity index (χ1v) is 11.7. The molecule has 1 heterocycles. The third kappa shape index (κ3) is 8.69. The first-order valence-electron chi connectivity index (χ1n) is 11.7. The number of para-hydroxylation sites is 1. The summed E-state index contributed by atoms with van der Waals surface area (Å²) in [6.45, 7) is 3.13. The molecule has 4 amide bonds. The van der Waals surface area contributed by atoms with Crippen LogP contribution in [0.25, 0.3) is 10.9 Å². The Hall–Kier alpha value is -3.93. The number of H-pyrrole nitrogens is 1. The first-order chi connectivity index (χ1) is 17.0. The second kappa shape index (κ2) is 13.2. The fourth-order valence-corrected chi connectivity index (χ4v) is 3.69. The smallest absolute Gasteiger partial charge is 0.326 e. The molecule has 196 valence electrons. The van der Waals surface area contributed by atoms with Crippen LogP contribution in [0.1, 0.15) is 38.7 Å². The lowest BCUT2D eigenvalue weighted by Crippen LogP contribution is -2.54. The minimum Gasteiger partial charge on any atom is -0.480 e. The fourth-order valence-electron chi connectivity index (χ4n) is 3.69. The molecule has 0 bridgehead atoms. The molecule has 2 rings (SSSR count). The van der Waals surface area contributed by atoms with Crippen molar-refractivity contribution in [2.75, 3.05) is 6.54 Å². The van der Waals surface area contributed by atoms with Gasteiger partial charge in [0.1, 0.15) is 12.1 Å². The molecule has 1 aromatic carbocycles. The highest BCUT2D eigenvalue weighted by Gasteiger charge is 2.26. The molecule has 0 fully saturated rings. The molecule has 3 atom stereocenters. The largest absolute Gasteiger partial charge is 0.480 e. The van der Waals surface area contributed by atoms with Crippen molar-refractivity contribution in [2.24, 2.45) is 17.4 Å². The van der Waals surface area contributed by atoms with Gasteiger partial charge in [-0.15, -0.1) is 0 Å². The van der Waals surface area contributed by atoms with E-state index in [9.17, 15) is 29.1 Å². The van der Waals surface area contributed by atoms with E-state index in [2.05, 4.69) is 20.9 Å². The zero-order valence-electron chi connectivity index (χ0n) is 20.4. The SMILES string of the molecule is CC(C)CC(NC(=O)CNC(=O)C(CCC(N)=O)NC(=O)C(N)Cc1c[nH]c2ccccc12)C(=O)O. The highest BCUT2D eigenvalue weighted by Crippen LogP contribution is 2.18. The molecule has 0 spiro atoms. The van der Waals surface area contributed by atoms with Gasteiger partial charge in [-0.2, -0.15) is 0 Å². The van der Waals surface area contributed by atoms with Gasteiger partial charge in [0.15, 0.2) is 0 Å². The molecule has 0 radical (unpaired) electrons. The first kappa shape index (κ1) is 28.3. The Morgan fingerprint density at radius 1 is 1.03 bits per heavy atom. The molecule has 0 aliphatic rings. The highest BCUT2D eigenvalue weighted by molar-refractivity contribution is 5.93. The van der Waals surface area contributed by atoms with Crippen molar-refractivity contribution in [3.8, 4) is 0 Å². The highest BCUT2D eigenvalue weighted by atomic mass is 16.4. The van der Waals surface area contributed by atoms with Crippen LogP contribution in [0.4, 0.5) is 0 Å². The van der Waals surface area contributed by atoms with Crippen LogP contribution < -0.4 is 27.4 Å². The predicted octanol–water partition coefficient (Wildman–Crippen LogP) is -0.480. The van der Waals surface area contributed by atoms with Gasteiger partial charge in [0.05, 0.1) is 12.6 Å². The topological polar surface area (TPSA) is 209 Å². The number of hydrogen-bond donors (Lipinski definition) is 7. The summed E-state index contributed by atoms with van der Waals surface area (Å²) < 4.78 is 0. The van der Waals surface area contributed by atoms with Crippen LogP contribution in [0.15, 0.2) is 30.5 Å². The van der Waals surface area contributed by atoms with Crippen molar-refractivity contribution in [1.82, 2.24) is 20.9 Å². The second-order valence-corrected chi connectivity index (χ2v) is 9.04. The number of benzene rings is 1. The molecule has 1 aromatic heterocycles. The summed E-state index contributed by atoms with van der Waals surface area (Å²) in [5.41, 5.74) is 13.0. The molecule has 0 saturated carbocycles. The zero-order valence-corrected chi connectivity index (χ0v) is 20.4. The van der Waals surface area contributed by atoms with Gasteiger partial charge in [0.2, 0.25) is 23.6 Å². The molecule has 36 heavy (non-hydrogen) atoms. The van der Waals surface area contributed by atoms with E-state index in [1.165, 1.54) is 0 Å². The van der Waals surface area contributed by atoms with Gasteiger partial charge in [0.25, 0.3) is 0 Å². The number of primary amides is 1. The normalized spacial score (nSPS) is 13.6. The van der Waals surface area contributed by atoms with Crippen LogP contribution in [0.2, 0.25) is 0 Å². The summed E-state index contributed by atoms with van der Waals surface area (Å²) in [5, 5.41) is 17.4. The fraction of sp³-hybridized carbons (Fsp3) is 0.458. The van der Waals surface area contributed by atoms with Gasteiger partial charge in [-0.25, -0.2) is 4.79 Å². The number of aromatic nitrogens is 1. The maximum Gasteiger partial charge on any atom is 0.326 e. The van der Waals surface area contributed by atoms with Crippen molar-refractivity contribution < 1.29 is 29.1 Å². The van der Waals surface area contributed by atoms with E-state index in [1.54, 1.807) is 6.20 Å². The van der Waals surface area contributed by atoms with E-state index >= 15 is 0 Å². The molecule has 0 aliphatic carbocycles. The number of carbonyl (C=O) groups excluding carboxylic acids is 4. The number of rotatable bonds is 14. The number of aromatic amines is 1. The van der Waals surface area contributed by atoms with Crippen LogP contribution in [0, 0.1) is 5.92 Å². The van der Waals surface area contributed by atoms with Crippen molar-refractivity contribution in [3.05, 3.63) is 36.0 Å². The van der Waals surface area contributed by atoms with E-state index in [4.69, 9.17) is 11.5 Å². The van der Waals surface area contributed by atoms with Gasteiger partial charge >= 0.3 is 5.97 Å². The number of nitrogens with one attached hydrogen (secondary N) is 4. The Morgan fingerprint density at radius 3 is 2.36 bits per heavy atom. The number of carbonyl (C=O) groups is 5. The molecule has 2 aromatic rings. The number of nitrogens with two attached hydrogens (primary N) is 2. The molecule has 12 nitrogen and oxygen atoms in total. The summed E-state index contributed by atoms with van der Waals surface area (Å²) in [5.74, 6) is -3.86. The molecule has 12 heteroatoms. The van der Waals surface area contributed by atoms with Crippen molar-refractivity contribution in [2.45, 2.75) is 57.7 Å². The molecule has 0 aliphatic heterocycles. The lowest BCUT2D eigenvalue weighted by molar-refractivity contribution is -0.142. The Labute approximate surface area is 208 Å². The minimum absolute atomic E-state index is 0.0304. The maximum atomic E-state index is 12.7. The van der Waals surface area contributed by atoms with Gasteiger partial charge in [-0.1, -0.05) is 32.0 Å². The number of hydrogen-bond acceptors (Lipinski definition) is 6. The van der Waals surface area contributed by atoms with Crippen LogP contribution in [0.3, 0.4) is 0 Å². The standard InChI is InChI=1S/C24H34N6O6/c1-13(2)9-19(24(35)36)29-21(32)12-28-23(34)18(7-8-20(26)31)30-22(33)16(25)10-14-11-27-17-6-4-3-5-15(14)17/h3-6,11,13,16,18-19,27H,7-10,12,25H2,1-2H3,(H2,26,31)(H,28,34)(H,29,32)(H,30,33)(H,35,36). The molecule has 9 N–H and O–H groups in total. The second-order valence-electron chi connectivity index (χ2n) is 9.04. The third-order valence-corrected chi connectivity index (χ3v) is 5.53. The summed E-state index contributed by atoms with van der Waals surface area (Å²) in [4.78, 5) is 63.3. The number of carboxylic acid groups (broad SMARTS) is 1. The van der Waals surface area contributed by atoms with Gasteiger partial charge < -0.3 is 37.5 Å². The monoisotopic (exact) mass is 502 g/mol. The Balaban J connectivity index is 1.98. The number of aliphatic carboxylic acids is 1. The van der Waals surface area contributed by atoms with Crippen LogP contribution in [-0.4, -0.2) is 64.4 Å². The molecule has 0 saturated heterocycles. The van der Waals surface area contributed by atoms with E-state index in [0.29, 0.717) is 0 Å². The molecular formula is C24H34N6O6. The van der Waals surface area contributed by atoms with Crippen molar-refractivity contribution >= 4 is 40.5 Å². The number of fused-ring (bicyclic) bond motifs is 1. The van der Waals surface area contributed by atoms with E-state index in [-0.39, 0.29) is 31.6 Å². The average Bonchev–Trinajstić information content (AvgIpc) is 3.21. The quantitative estimate of drug-likeness (QED) is 0.180. The summed E-state index contributed by atoms with van der Waals surface area (Å²) >= 11 is 0. The van der Waals surface area contributed by atoms with Crippen LogP contribution >= 0.6 is 0 Å². The average molecular weight is 503 g/mol. The van der Waals surface area contributed by atoms with Gasteiger partial charge in [-0.05, 0) is 36.8 Å².